The van der Waals surface area contributed by atoms with Crippen LogP contribution in [0.4, 0.5) is 22.7 Å². The van der Waals surface area contributed by atoms with Crippen LogP contribution in [0.2, 0.25) is 0 Å². The lowest BCUT2D eigenvalue weighted by atomic mass is 9.90. The van der Waals surface area contributed by atoms with Crippen LogP contribution >= 0.6 is 0 Å². The van der Waals surface area contributed by atoms with Gasteiger partial charge in [0.1, 0.15) is 5.54 Å². The van der Waals surface area contributed by atoms with Gasteiger partial charge in [0.05, 0.1) is 27.5 Å². The predicted octanol–water partition coefficient (Wildman–Crippen LogP) is 3.65. The average molecular weight is 479 g/mol. The van der Waals surface area contributed by atoms with Crippen LogP contribution < -0.4 is 15.1 Å². The van der Waals surface area contributed by atoms with Crippen LogP contribution in [0.15, 0.2) is 42.5 Å². The van der Waals surface area contributed by atoms with Gasteiger partial charge in [0, 0.05) is 25.2 Å². The molecule has 1 N–H and O–H groups in total. The zero-order valence-electron chi connectivity index (χ0n) is 19.2. The van der Waals surface area contributed by atoms with Gasteiger partial charge >= 0.3 is 5.97 Å². The zero-order valence-corrected chi connectivity index (χ0v) is 19.2. The molecule has 0 atom stereocenters. The Morgan fingerprint density at radius 3 is 2.46 bits per heavy atom. The molecule has 10 heteroatoms. The molecule has 1 aliphatic carbocycles. The van der Waals surface area contributed by atoms with Gasteiger partial charge in [-0.25, -0.2) is 4.79 Å². The summed E-state index contributed by atoms with van der Waals surface area (Å²) in [5.41, 5.74) is 0.483. The van der Waals surface area contributed by atoms with E-state index in [1.165, 1.54) is 17.0 Å². The number of carbonyl (C=O) groups is 3. The molecule has 2 heterocycles. The highest BCUT2D eigenvalue weighted by Crippen LogP contribution is 2.45. The van der Waals surface area contributed by atoms with Gasteiger partial charge in [0.2, 0.25) is 0 Å². The highest BCUT2D eigenvalue weighted by molar-refractivity contribution is 6.15. The molecule has 2 aromatic carbocycles. The number of non-ortho nitro benzene ring substituents is 1. The van der Waals surface area contributed by atoms with Crippen LogP contribution in [0.5, 0.6) is 0 Å². The number of hydrogen-bond donors (Lipinski definition) is 1. The van der Waals surface area contributed by atoms with Gasteiger partial charge in [-0.05, 0) is 43.9 Å². The van der Waals surface area contributed by atoms with Crippen LogP contribution in [0.3, 0.4) is 0 Å². The van der Waals surface area contributed by atoms with E-state index in [0.29, 0.717) is 29.9 Å². The molecule has 2 amide bonds. The van der Waals surface area contributed by atoms with Crippen LogP contribution in [-0.4, -0.2) is 47.9 Å². The number of fused-ring (bicyclic) bond motifs is 1. The number of para-hydroxylation sites is 2. The van der Waals surface area contributed by atoms with E-state index in [4.69, 9.17) is 4.74 Å². The SMILES string of the molecule is O=C(OCC(=O)N1c2ccccc2NC(=O)C12CCCC2)c1cc([N+](=O)[O-])ccc1N1CCCC1. The van der Waals surface area contributed by atoms with E-state index in [2.05, 4.69) is 5.32 Å². The Morgan fingerprint density at radius 1 is 1.03 bits per heavy atom. The van der Waals surface area contributed by atoms with Crippen molar-refractivity contribution in [1.82, 2.24) is 0 Å². The first-order valence-electron chi connectivity index (χ1n) is 11.8. The molecular formula is C25H26N4O6. The fraction of sp³-hybridized carbons (Fsp3) is 0.400. The first-order valence-corrected chi connectivity index (χ1v) is 11.8. The average Bonchev–Trinajstić information content (AvgIpc) is 3.56. The third kappa shape index (κ3) is 3.98. The van der Waals surface area contributed by atoms with Crippen LogP contribution in [0.25, 0.3) is 0 Å². The first kappa shape index (κ1) is 22.8. The second-order valence-electron chi connectivity index (χ2n) is 9.17. The van der Waals surface area contributed by atoms with Gasteiger partial charge < -0.3 is 15.0 Å². The Hall–Kier alpha value is -3.95. The number of carbonyl (C=O) groups excluding carboxylic acids is 3. The van der Waals surface area contributed by atoms with Gasteiger partial charge in [-0.2, -0.15) is 0 Å². The second kappa shape index (κ2) is 9.01. The Bertz CT molecular complexity index is 1200. The summed E-state index contributed by atoms with van der Waals surface area (Å²) in [6, 6.07) is 11.2. The molecular weight excluding hydrogens is 452 g/mol. The van der Waals surface area contributed by atoms with Crippen LogP contribution in [0.1, 0.15) is 48.9 Å². The number of ether oxygens (including phenoxy) is 1. The van der Waals surface area contributed by atoms with Crippen molar-refractivity contribution >= 4 is 40.5 Å². The number of rotatable bonds is 5. The van der Waals surface area contributed by atoms with Crippen molar-refractivity contribution in [2.45, 2.75) is 44.1 Å². The summed E-state index contributed by atoms with van der Waals surface area (Å²) < 4.78 is 5.42. The number of nitro benzene ring substituents is 1. The maximum atomic E-state index is 13.5. The van der Waals surface area contributed by atoms with E-state index in [0.717, 1.165) is 38.8 Å². The maximum absolute atomic E-state index is 13.5. The maximum Gasteiger partial charge on any atom is 0.341 e. The molecule has 0 radical (unpaired) electrons. The minimum atomic E-state index is -1.01. The molecule has 2 aliphatic heterocycles. The molecule has 0 aromatic heterocycles. The lowest BCUT2D eigenvalue weighted by Gasteiger charge is -2.44. The van der Waals surface area contributed by atoms with Crippen molar-refractivity contribution in [1.29, 1.82) is 0 Å². The molecule has 5 rings (SSSR count). The Balaban J connectivity index is 1.41. The van der Waals surface area contributed by atoms with Crippen molar-refractivity contribution in [3.63, 3.8) is 0 Å². The predicted molar refractivity (Wildman–Crippen MR) is 129 cm³/mol. The second-order valence-corrected chi connectivity index (χ2v) is 9.17. The highest BCUT2D eigenvalue weighted by Gasteiger charge is 2.52. The van der Waals surface area contributed by atoms with E-state index in [1.54, 1.807) is 30.3 Å². The quantitative estimate of drug-likeness (QED) is 0.395. The van der Waals surface area contributed by atoms with Gasteiger partial charge in [-0.1, -0.05) is 25.0 Å². The number of nitrogens with one attached hydrogen (secondary N) is 1. The highest BCUT2D eigenvalue weighted by atomic mass is 16.6. The zero-order chi connectivity index (χ0) is 24.6. The number of anilines is 3. The normalized spacial score (nSPS) is 18.3. The van der Waals surface area contributed by atoms with Crippen molar-refractivity contribution in [2.24, 2.45) is 0 Å². The molecule has 2 fully saturated rings. The molecule has 182 valence electrons. The molecule has 1 spiro atoms. The van der Waals surface area contributed by atoms with Crippen molar-refractivity contribution in [3.05, 3.63) is 58.1 Å². The van der Waals surface area contributed by atoms with Gasteiger partial charge in [-0.3, -0.25) is 24.6 Å². The van der Waals surface area contributed by atoms with Crippen molar-refractivity contribution in [2.75, 3.05) is 34.8 Å². The number of hydrogen-bond acceptors (Lipinski definition) is 7. The lowest BCUT2D eigenvalue weighted by Crippen LogP contribution is -2.61. The fourth-order valence-corrected chi connectivity index (χ4v) is 5.43. The van der Waals surface area contributed by atoms with E-state index in [9.17, 15) is 24.5 Å². The van der Waals surface area contributed by atoms with E-state index in [-0.39, 0.29) is 17.2 Å². The van der Waals surface area contributed by atoms with Crippen LogP contribution in [0, 0.1) is 10.1 Å². The monoisotopic (exact) mass is 478 g/mol. The van der Waals surface area contributed by atoms with Crippen molar-refractivity contribution in [3.8, 4) is 0 Å². The van der Waals surface area contributed by atoms with E-state index < -0.39 is 28.9 Å². The van der Waals surface area contributed by atoms with E-state index >= 15 is 0 Å². The van der Waals surface area contributed by atoms with Crippen LogP contribution in [-0.2, 0) is 14.3 Å². The summed E-state index contributed by atoms with van der Waals surface area (Å²) in [6.07, 6.45) is 4.59. The summed E-state index contributed by atoms with van der Waals surface area (Å²) in [7, 11) is 0. The molecule has 1 saturated carbocycles. The number of amides is 2. The molecule has 0 unspecified atom stereocenters. The molecule has 2 aromatic rings. The Morgan fingerprint density at radius 2 is 1.74 bits per heavy atom. The standard InChI is InChI=1S/C25H26N4O6/c30-22(28-21-8-2-1-7-19(21)26-24(32)25(28)11-3-4-12-25)16-35-23(31)18-15-17(29(33)34)9-10-20(18)27-13-5-6-14-27/h1-2,7-10,15H,3-6,11-14,16H2,(H,26,32). The summed E-state index contributed by atoms with van der Waals surface area (Å²) in [5.74, 6) is -1.54. The molecule has 10 nitrogen and oxygen atoms in total. The lowest BCUT2D eigenvalue weighted by molar-refractivity contribution is -0.384. The third-order valence-electron chi connectivity index (χ3n) is 7.11. The Labute approximate surface area is 202 Å². The van der Waals surface area contributed by atoms with E-state index in [1.807, 2.05) is 4.90 Å². The number of nitrogens with zero attached hydrogens (tertiary/aromatic N) is 3. The molecule has 35 heavy (non-hydrogen) atoms. The topological polar surface area (TPSA) is 122 Å². The Kier molecular flexibility index (Phi) is 5.88. The molecule has 3 aliphatic rings. The van der Waals surface area contributed by atoms with Gasteiger partial charge in [0.15, 0.2) is 6.61 Å². The van der Waals surface area contributed by atoms with Gasteiger partial charge in [0.25, 0.3) is 17.5 Å². The van der Waals surface area contributed by atoms with Crippen molar-refractivity contribution < 1.29 is 24.0 Å². The number of esters is 1. The van der Waals surface area contributed by atoms with Gasteiger partial charge in [-0.15, -0.1) is 0 Å². The minimum absolute atomic E-state index is 0.0567. The third-order valence-corrected chi connectivity index (χ3v) is 7.11. The molecule has 0 bridgehead atoms. The summed E-state index contributed by atoms with van der Waals surface area (Å²) in [6.45, 7) is 0.892. The first-order chi connectivity index (χ1) is 16.9. The smallest absolute Gasteiger partial charge is 0.341 e. The minimum Gasteiger partial charge on any atom is -0.452 e. The summed E-state index contributed by atoms with van der Waals surface area (Å²) in [5, 5.41) is 14.2. The summed E-state index contributed by atoms with van der Waals surface area (Å²) in [4.78, 5) is 53.8. The fourth-order valence-electron chi connectivity index (χ4n) is 5.43. The summed E-state index contributed by atoms with van der Waals surface area (Å²) >= 11 is 0. The number of benzene rings is 2. The molecule has 1 saturated heterocycles. The largest absolute Gasteiger partial charge is 0.452 e. The number of nitro groups is 1.